The van der Waals surface area contributed by atoms with E-state index in [0.29, 0.717) is 12.2 Å². The van der Waals surface area contributed by atoms with E-state index in [1.54, 1.807) is 0 Å². The summed E-state index contributed by atoms with van der Waals surface area (Å²) in [5.41, 5.74) is 0.221. The highest BCUT2D eigenvalue weighted by atomic mass is 16.5. The van der Waals surface area contributed by atoms with Crippen molar-refractivity contribution in [1.29, 1.82) is 0 Å². The molecule has 0 amide bonds. The lowest BCUT2D eigenvalue weighted by molar-refractivity contribution is -0.0334. The summed E-state index contributed by atoms with van der Waals surface area (Å²) in [6, 6.07) is 0. The first-order valence-corrected chi connectivity index (χ1v) is 7.27. The molecule has 0 aromatic heterocycles. The molecule has 0 saturated heterocycles. The van der Waals surface area contributed by atoms with Crippen LogP contribution in [0.1, 0.15) is 66.7 Å². The zero-order valence-electron chi connectivity index (χ0n) is 12.4. The van der Waals surface area contributed by atoms with E-state index in [2.05, 4.69) is 39.9 Å². The maximum Gasteiger partial charge on any atom is 0.0581 e. The summed E-state index contributed by atoms with van der Waals surface area (Å²) >= 11 is 0. The summed E-state index contributed by atoms with van der Waals surface area (Å²) in [7, 11) is 0. The van der Waals surface area contributed by atoms with Crippen molar-refractivity contribution in [3.8, 4) is 0 Å². The maximum atomic E-state index is 6.14. The molecule has 0 bridgehead atoms. The Labute approximate surface area is 108 Å². The molecule has 1 aliphatic carbocycles. The van der Waals surface area contributed by atoms with Gasteiger partial charge in [-0.3, -0.25) is 0 Å². The van der Waals surface area contributed by atoms with E-state index < -0.39 is 0 Å². The fourth-order valence-electron chi connectivity index (χ4n) is 2.55. The summed E-state index contributed by atoms with van der Waals surface area (Å²) < 4.78 is 6.14. The minimum Gasteiger partial charge on any atom is -0.375 e. The molecule has 17 heavy (non-hydrogen) atoms. The van der Waals surface area contributed by atoms with E-state index in [1.165, 1.54) is 25.7 Å². The molecule has 2 heteroatoms. The van der Waals surface area contributed by atoms with Gasteiger partial charge < -0.3 is 10.1 Å². The summed E-state index contributed by atoms with van der Waals surface area (Å²) in [5, 5.41) is 3.52. The van der Waals surface area contributed by atoms with Crippen LogP contribution in [0.5, 0.6) is 0 Å². The second-order valence-electron chi connectivity index (χ2n) is 6.81. The van der Waals surface area contributed by atoms with Crippen molar-refractivity contribution >= 4 is 0 Å². The van der Waals surface area contributed by atoms with Gasteiger partial charge in [-0.05, 0) is 59.4 Å². The van der Waals surface area contributed by atoms with E-state index in [9.17, 15) is 0 Å². The van der Waals surface area contributed by atoms with Gasteiger partial charge in [-0.1, -0.05) is 19.8 Å². The first-order valence-electron chi connectivity index (χ1n) is 7.27. The second kappa shape index (κ2) is 6.75. The highest BCUT2D eigenvalue weighted by Crippen LogP contribution is 2.26. The van der Waals surface area contributed by atoms with E-state index in [1.807, 2.05) is 0 Å². The highest BCUT2D eigenvalue weighted by molar-refractivity contribution is 4.73. The lowest BCUT2D eigenvalue weighted by Gasteiger charge is -2.30. The zero-order valence-corrected chi connectivity index (χ0v) is 12.4. The van der Waals surface area contributed by atoms with Gasteiger partial charge in [-0.2, -0.15) is 0 Å². The molecule has 0 aromatic carbocycles. The van der Waals surface area contributed by atoms with Crippen molar-refractivity contribution < 1.29 is 4.74 Å². The molecule has 3 unspecified atom stereocenters. The molecular formula is C15H31NO. The molecule has 1 saturated carbocycles. The first-order chi connectivity index (χ1) is 7.87. The van der Waals surface area contributed by atoms with Gasteiger partial charge in [0, 0.05) is 5.54 Å². The van der Waals surface area contributed by atoms with Gasteiger partial charge >= 0.3 is 0 Å². The van der Waals surface area contributed by atoms with Gasteiger partial charge in [0.1, 0.15) is 0 Å². The zero-order chi connectivity index (χ0) is 12.9. The summed E-state index contributed by atoms with van der Waals surface area (Å²) in [5.74, 6) is 0.855. The third-order valence-corrected chi connectivity index (χ3v) is 3.52. The monoisotopic (exact) mass is 241 g/mol. The molecule has 0 radical (unpaired) electrons. The highest BCUT2D eigenvalue weighted by Gasteiger charge is 2.21. The summed E-state index contributed by atoms with van der Waals surface area (Å²) in [6.07, 6.45) is 7.28. The van der Waals surface area contributed by atoms with Crippen LogP contribution in [0.3, 0.4) is 0 Å². The molecule has 0 heterocycles. The van der Waals surface area contributed by atoms with Crippen LogP contribution in [0.4, 0.5) is 0 Å². The summed E-state index contributed by atoms with van der Waals surface area (Å²) in [4.78, 5) is 0. The Morgan fingerprint density at radius 3 is 2.59 bits per heavy atom. The Kier molecular flexibility index (Phi) is 5.94. The quantitative estimate of drug-likeness (QED) is 0.791. The molecular weight excluding hydrogens is 210 g/mol. The van der Waals surface area contributed by atoms with Crippen molar-refractivity contribution in [2.75, 3.05) is 6.54 Å². The van der Waals surface area contributed by atoms with Crippen molar-refractivity contribution in [2.45, 2.75) is 84.5 Å². The Bertz CT molecular complexity index is 209. The molecule has 1 fully saturated rings. The smallest absolute Gasteiger partial charge is 0.0581 e. The van der Waals surface area contributed by atoms with Crippen LogP contribution in [0, 0.1) is 5.92 Å². The number of ether oxygens (including phenoxy) is 1. The molecule has 0 aliphatic heterocycles. The van der Waals surface area contributed by atoms with E-state index >= 15 is 0 Å². The number of rotatable bonds is 5. The normalized spacial score (nSPS) is 28.1. The SMILES string of the molecule is CC1CCCC(OC(C)CCNC(C)(C)C)C1. The van der Waals surface area contributed by atoms with Gasteiger partial charge in [0.15, 0.2) is 0 Å². The van der Waals surface area contributed by atoms with Gasteiger partial charge in [0.25, 0.3) is 0 Å². The fraction of sp³-hybridized carbons (Fsp3) is 1.00. The maximum absolute atomic E-state index is 6.14. The molecule has 3 atom stereocenters. The Hall–Kier alpha value is -0.0800. The van der Waals surface area contributed by atoms with E-state index in [0.717, 1.165) is 18.9 Å². The van der Waals surface area contributed by atoms with Gasteiger partial charge in [0.2, 0.25) is 0 Å². The van der Waals surface area contributed by atoms with Crippen LogP contribution in [0.15, 0.2) is 0 Å². The molecule has 1 N–H and O–H groups in total. The molecule has 102 valence electrons. The fourth-order valence-corrected chi connectivity index (χ4v) is 2.55. The third-order valence-electron chi connectivity index (χ3n) is 3.52. The van der Waals surface area contributed by atoms with Crippen molar-refractivity contribution in [3.05, 3.63) is 0 Å². The lowest BCUT2D eigenvalue weighted by Crippen LogP contribution is -2.38. The average molecular weight is 241 g/mol. The molecule has 0 aromatic rings. The van der Waals surface area contributed by atoms with E-state index in [4.69, 9.17) is 4.74 Å². The average Bonchev–Trinajstić information content (AvgIpc) is 2.15. The minimum atomic E-state index is 0.221. The predicted octanol–water partition coefficient (Wildman–Crippen LogP) is 3.75. The van der Waals surface area contributed by atoms with Gasteiger partial charge in [0.05, 0.1) is 12.2 Å². The largest absolute Gasteiger partial charge is 0.375 e. The Morgan fingerprint density at radius 2 is 2.00 bits per heavy atom. The molecule has 1 rings (SSSR count). The Morgan fingerprint density at radius 1 is 1.29 bits per heavy atom. The number of hydrogen-bond acceptors (Lipinski definition) is 2. The molecule has 2 nitrogen and oxygen atoms in total. The topological polar surface area (TPSA) is 21.3 Å². The minimum absolute atomic E-state index is 0.221. The lowest BCUT2D eigenvalue weighted by atomic mass is 9.88. The standard InChI is InChI=1S/C15H31NO/c1-12-7-6-8-14(11-12)17-13(2)9-10-16-15(3,4)5/h12-14,16H,6-11H2,1-5H3. The van der Waals surface area contributed by atoms with Crippen molar-refractivity contribution in [3.63, 3.8) is 0 Å². The van der Waals surface area contributed by atoms with Gasteiger partial charge in [-0.15, -0.1) is 0 Å². The molecule has 0 spiro atoms. The van der Waals surface area contributed by atoms with Crippen LogP contribution in [-0.2, 0) is 4.74 Å². The predicted molar refractivity (Wildman–Crippen MR) is 74.3 cm³/mol. The van der Waals surface area contributed by atoms with Crippen molar-refractivity contribution in [2.24, 2.45) is 5.92 Å². The van der Waals surface area contributed by atoms with Crippen LogP contribution in [-0.4, -0.2) is 24.3 Å². The van der Waals surface area contributed by atoms with Gasteiger partial charge in [-0.25, -0.2) is 0 Å². The first kappa shape index (κ1) is 15.0. The van der Waals surface area contributed by atoms with Crippen LogP contribution in [0.25, 0.3) is 0 Å². The number of nitrogens with one attached hydrogen (secondary N) is 1. The number of hydrogen-bond donors (Lipinski definition) is 1. The third kappa shape index (κ3) is 7.05. The second-order valence-corrected chi connectivity index (χ2v) is 6.81. The summed E-state index contributed by atoms with van der Waals surface area (Å²) in [6.45, 7) is 12.2. The van der Waals surface area contributed by atoms with Crippen LogP contribution >= 0.6 is 0 Å². The van der Waals surface area contributed by atoms with Crippen molar-refractivity contribution in [1.82, 2.24) is 5.32 Å². The molecule has 1 aliphatic rings. The van der Waals surface area contributed by atoms with Crippen LogP contribution < -0.4 is 5.32 Å². The van der Waals surface area contributed by atoms with Crippen LogP contribution in [0.2, 0.25) is 0 Å². The Balaban J connectivity index is 2.13. The van der Waals surface area contributed by atoms with E-state index in [-0.39, 0.29) is 5.54 Å².